The van der Waals surface area contributed by atoms with Gasteiger partial charge >= 0.3 is 0 Å². The first kappa shape index (κ1) is 14.8. The second-order valence-electron chi connectivity index (χ2n) is 5.31. The van der Waals surface area contributed by atoms with Crippen LogP contribution in [0.25, 0.3) is 0 Å². The van der Waals surface area contributed by atoms with Crippen LogP contribution in [0.3, 0.4) is 0 Å². The van der Waals surface area contributed by atoms with E-state index in [2.05, 4.69) is 20.2 Å². The zero-order chi connectivity index (χ0) is 15.4. The Bertz CT molecular complexity index is 653. The molecule has 1 N–H and O–H groups in total. The molecule has 1 aliphatic rings. The fourth-order valence-corrected chi connectivity index (χ4v) is 2.64. The van der Waals surface area contributed by atoms with Gasteiger partial charge in [-0.2, -0.15) is 0 Å². The molecule has 0 unspecified atom stereocenters. The summed E-state index contributed by atoms with van der Waals surface area (Å²) in [5.41, 5.74) is 0.913. The molecule has 0 aliphatic carbocycles. The van der Waals surface area contributed by atoms with Crippen LogP contribution in [0.5, 0.6) is 0 Å². The van der Waals surface area contributed by atoms with Crippen molar-refractivity contribution in [3.05, 3.63) is 47.2 Å². The molecule has 2 aromatic rings. The molecule has 0 bridgehead atoms. The molecule has 22 heavy (non-hydrogen) atoms. The number of amides is 1. The first-order valence-electron chi connectivity index (χ1n) is 7.32. The van der Waals surface area contributed by atoms with Crippen LogP contribution in [0.2, 0.25) is 5.02 Å². The Kier molecular flexibility index (Phi) is 4.53. The third kappa shape index (κ3) is 3.74. The van der Waals surface area contributed by atoms with Crippen molar-refractivity contribution in [3.63, 3.8) is 0 Å². The van der Waals surface area contributed by atoms with Crippen LogP contribution >= 0.6 is 11.6 Å². The van der Waals surface area contributed by atoms with E-state index in [0.717, 1.165) is 24.5 Å². The molecule has 1 saturated heterocycles. The number of carbonyl (C=O) groups is 1. The van der Waals surface area contributed by atoms with Gasteiger partial charge in [0, 0.05) is 24.2 Å². The number of hydrogen-bond donors (Lipinski definition) is 1. The maximum Gasteiger partial charge on any atom is 0.229 e. The highest BCUT2D eigenvalue weighted by atomic mass is 35.5. The fraction of sp³-hybridized carbons (Fsp3) is 0.312. The van der Waals surface area contributed by atoms with Gasteiger partial charge in [0.05, 0.1) is 6.42 Å². The van der Waals surface area contributed by atoms with E-state index in [0.29, 0.717) is 17.3 Å². The molecule has 0 saturated carbocycles. The largest absolute Gasteiger partial charge is 0.356 e. The van der Waals surface area contributed by atoms with Crippen molar-refractivity contribution in [2.75, 3.05) is 23.3 Å². The lowest BCUT2D eigenvalue weighted by atomic mass is 10.1. The summed E-state index contributed by atoms with van der Waals surface area (Å²) in [6, 6.07) is 9.07. The molecule has 6 heteroatoms. The molecule has 0 spiro atoms. The van der Waals surface area contributed by atoms with Crippen molar-refractivity contribution >= 4 is 29.1 Å². The van der Waals surface area contributed by atoms with Gasteiger partial charge in [0.25, 0.3) is 0 Å². The third-order valence-corrected chi connectivity index (χ3v) is 3.88. The van der Waals surface area contributed by atoms with Gasteiger partial charge < -0.3 is 10.2 Å². The minimum atomic E-state index is -0.103. The molecule has 1 aromatic heterocycles. The minimum absolute atomic E-state index is 0.103. The number of benzene rings is 1. The van der Waals surface area contributed by atoms with Crippen LogP contribution < -0.4 is 10.2 Å². The van der Waals surface area contributed by atoms with Crippen molar-refractivity contribution in [2.45, 2.75) is 19.3 Å². The molecule has 1 aliphatic heterocycles. The number of hydrogen-bond acceptors (Lipinski definition) is 4. The number of anilines is 2. The predicted molar refractivity (Wildman–Crippen MR) is 87.3 cm³/mol. The van der Waals surface area contributed by atoms with Crippen LogP contribution in [0.4, 0.5) is 11.6 Å². The van der Waals surface area contributed by atoms with E-state index in [1.165, 1.54) is 19.2 Å². The number of rotatable bonds is 4. The van der Waals surface area contributed by atoms with Gasteiger partial charge in [-0.1, -0.05) is 23.7 Å². The maximum absolute atomic E-state index is 12.1. The summed E-state index contributed by atoms with van der Waals surface area (Å²) < 4.78 is 0. The molecule has 1 aromatic carbocycles. The van der Waals surface area contributed by atoms with Crippen molar-refractivity contribution in [3.8, 4) is 0 Å². The Morgan fingerprint density at radius 3 is 2.64 bits per heavy atom. The topological polar surface area (TPSA) is 58.1 Å². The molecular formula is C16H17ClN4O. The Morgan fingerprint density at radius 1 is 1.18 bits per heavy atom. The van der Waals surface area contributed by atoms with Crippen LogP contribution in [0.15, 0.2) is 36.7 Å². The summed E-state index contributed by atoms with van der Waals surface area (Å²) in [5.74, 6) is 1.30. The third-order valence-electron chi connectivity index (χ3n) is 3.63. The second kappa shape index (κ2) is 6.75. The van der Waals surface area contributed by atoms with Crippen molar-refractivity contribution < 1.29 is 4.79 Å². The van der Waals surface area contributed by atoms with E-state index < -0.39 is 0 Å². The monoisotopic (exact) mass is 316 g/mol. The summed E-state index contributed by atoms with van der Waals surface area (Å²) in [7, 11) is 0. The van der Waals surface area contributed by atoms with E-state index in [-0.39, 0.29) is 5.91 Å². The SMILES string of the molecule is O=C(Cc1ccc(Cl)cc1)Nc1cc(N2CCCC2)ncn1. The van der Waals surface area contributed by atoms with Gasteiger partial charge in [0.1, 0.15) is 18.0 Å². The smallest absolute Gasteiger partial charge is 0.229 e. The molecule has 2 heterocycles. The Balaban J connectivity index is 1.63. The van der Waals surface area contributed by atoms with Crippen molar-refractivity contribution in [1.29, 1.82) is 0 Å². The van der Waals surface area contributed by atoms with E-state index in [1.807, 2.05) is 18.2 Å². The van der Waals surface area contributed by atoms with Crippen LogP contribution in [0, 0.1) is 0 Å². The molecule has 5 nitrogen and oxygen atoms in total. The highest BCUT2D eigenvalue weighted by molar-refractivity contribution is 6.30. The lowest BCUT2D eigenvalue weighted by Crippen LogP contribution is -2.20. The zero-order valence-electron chi connectivity index (χ0n) is 12.1. The van der Waals surface area contributed by atoms with E-state index >= 15 is 0 Å². The van der Waals surface area contributed by atoms with E-state index in [9.17, 15) is 4.79 Å². The molecule has 1 fully saturated rings. The number of aromatic nitrogens is 2. The molecule has 1 amide bonds. The summed E-state index contributed by atoms with van der Waals surface area (Å²) in [4.78, 5) is 22.7. The van der Waals surface area contributed by atoms with Gasteiger partial charge in [-0.05, 0) is 30.5 Å². The van der Waals surface area contributed by atoms with E-state index in [4.69, 9.17) is 11.6 Å². The van der Waals surface area contributed by atoms with Gasteiger partial charge in [-0.3, -0.25) is 4.79 Å². The first-order valence-corrected chi connectivity index (χ1v) is 7.70. The lowest BCUT2D eigenvalue weighted by molar-refractivity contribution is -0.115. The van der Waals surface area contributed by atoms with Crippen LogP contribution in [-0.4, -0.2) is 29.0 Å². The molecule has 0 atom stereocenters. The lowest BCUT2D eigenvalue weighted by Gasteiger charge is -2.16. The molecule has 114 valence electrons. The van der Waals surface area contributed by atoms with Crippen LogP contribution in [-0.2, 0) is 11.2 Å². The normalized spacial score (nSPS) is 14.1. The summed E-state index contributed by atoms with van der Waals surface area (Å²) >= 11 is 5.84. The number of halogens is 1. The molecular weight excluding hydrogens is 300 g/mol. The Labute approximate surface area is 134 Å². The fourth-order valence-electron chi connectivity index (χ4n) is 2.51. The number of nitrogens with one attached hydrogen (secondary N) is 1. The quantitative estimate of drug-likeness (QED) is 0.942. The summed E-state index contributed by atoms with van der Waals surface area (Å²) in [5, 5.41) is 3.48. The van der Waals surface area contributed by atoms with Crippen LogP contribution in [0.1, 0.15) is 18.4 Å². The van der Waals surface area contributed by atoms with Crippen molar-refractivity contribution in [1.82, 2.24) is 9.97 Å². The molecule has 3 rings (SSSR count). The summed E-state index contributed by atoms with van der Waals surface area (Å²) in [6.45, 7) is 2.02. The standard InChI is InChI=1S/C16H17ClN4O/c17-13-5-3-12(4-6-13)9-16(22)20-14-10-15(19-11-18-14)21-7-1-2-8-21/h3-6,10-11H,1-2,7-9H2,(H,18,19,20,22). The Hall–Kier alpha value is -2.14. The molecule has 0 radical (unpaired) electrons. The first-order chi connectivity index (χ1) is 10.7. The Morgan fingerprint density at radius 2 is 1.91 bits per heavy atom. The number of nitrogens with zero attached hydrogens (tertiary/aromatic N) is 3. The number of carbonyl (C=O) groups excluding carboxylic acids is 1. The summed E-state index contributed by atoms with van der Waals surface area (Å²) in [6.07, 6.45) is 4.15. The second-order valence-corrected chi connectivity index (χ2v) is 5.74. The van der Waals surface area contributed by atoms with Crippen molar-refractivity contribution in [2.24, 2.45) is 0 Å². The maximum atomic E-state index is 12.1. The minimum Gasteiger partial charge on any atom is -0.356 e. The highest BCUT2D eigenvalue weighted by Crippen LogP contribution is 2.19. The van der Waals surface area contributed by atoms with Gasteiger partial charge in [-0.25, -0.2) is 9.97 Å². The highest BCUT2D eigenvalue weighted by Gasteiger charge is 2.14. The average molecular weight is 317 g/mol. The zero-order valence-corrected chi connectivity index (χ0v) is 12.9. The van der Waals surface area contributed by atoms with Gasteiger partial charge in [0.15, 0.2) is 0 Å². The average Bonchev–Trinajstić information content (AvgIpc) is 3.04. The van der Waals surface area contributed by atoms with E-state index in [1.54, 1.807) is 12.1 Å². The van der Waals surface area contributed by atoms with Gasteiger partial charge in [-0.15, -0.1) is 0 Å². The predicted octanol–water partition coefficient (Wildman–Crippen LogP) is 2.91. The van der Waals surface area contributed by atoms with Gasteiger partial charge in [0.2, 0.25) is 5.91 Å².